The Bertz CT molecular complexity index is 205. The molecular formula is C18H40O2Si. The molecule has 0 bridgehead atoms. The molecule has 3 heteroatoms. The lowest BCUT2D eigenvalue weighted by Gasteiger charge is -2.34. The van der Waals surface area contributed by atoms with Crippen molar-refractivity contribution in [1.82, 2.24) is 0 Å². The maximum atomic E-state index is 6.71. The molecule has 0 aliphatic carbocycles. The third-order valence-corrected chi connectivity index (χ3v) is 8.07. The lowest BCUT2D eigenvalue weighted by molar-refractivity contribution is 0.109. The molecule has 0 aromatic heterocycles. The van der Waals surface area contributed by atoms with Gasteiger partial charge in [0.2, 0.25) is 0 Å². The van der Waals surface area contributed by atoms with Crippen LogP contribution in [0.2, 0.25) is 12.1 Å². The van der Waals surface area contributed by atoms with Crippen LogP contribution >= 0.6 is 0 Å². The Balaban J connectivity index is 4.71. The second-order valence-corrected chi connectivity index (χ2v) is 9.81. The largest absolute Gasteiger partial charge is 0.398 e. The summed E-state index contributed by atoms with van der Waals surface area (Å²) in [5.74, 6) is 0. The van der Waals surface area contributed by atoms with Crippen LogP contribution in [0.3, 0.4) is 0 Å². The molecule has 0 fully saturated rings. The topological polar surface area (TPSA) is 18.5 Å². The fraction of sp³-hybridized carbons (Fsp3) is 1.00. The highest BCUT2D eigenvalue weighted by Gasteiger charge is 2.37. The van der Waals surface area contributed by atoms with Crippen molar-refractivity contribution in [3.05, 3.63) is 0 Å². The smallest absolute Gasteiger partial charge is 0.338 e. The third-order valence-electron chi connectivity index (χ3n) is 4.34. The van der Waals surface area contributed by atoms with Crippen LogP contribution in [0, 0.1) is 0 Å². The highest BCUT2D eigenvalue weighted by atomic mass is 28.4. The summed E-state index contributed by atoms with van der Waals surface area (Å²) in [5.41, 5.74) is 0. The van der Waals surface area contributed by atoms with Crippen LogP contribution < -0.4 is 0 Å². The molecular weight excluding hydrogens is 276 g/mol. The predicted molar refractivity (Wildman–Crippen MR) is 96.1 cm³/mol. The molecule has 0 spiro atoms. The fourth-order valence-corrected chi connectivity index (χ4v) is 6.43. The molecule has 0 N–H and O–H groups in total. The van der Waals surface area contributed by atoms with Crippen molar-refractivity contribution in [2.45, 2.75) is 110 Å². The zero-order chi connectivity index (χ0) is 16.0. The van der Waals surface area contributed by atoms with Crippen LogP contribution in [0.15, 0.2) is 0 Å². The highest BCUT2D eigenvalue weighted by molar-refractivity contribution is 6.67. The summed E-state index contributed by atoms with van der Waals surface area (Å²) in [6.07, 6.45) is 12.9. The SMILES string of the molecule is CCCCC(CCCC)O[Si](CCCC)(CCCC)OC. The second kappa shape index (κ2) is 13.8. The van der Waals surface area contributed by atoms with Crippen molar-refractivity contribution in [3.8, 4) is 0 Å². The second-order valence-electron chi connectivity index (χ2n) is 6.35. The van der Waals surface area contributed by atoms with E-state index in [1.807, 2.05) is 7.11 Å². The van der Waals surface area contributed by atoms with Crippen LogP contribution in [-0.4, -0.2) is 21.8 Å². The zero-order valence-electron chi connectivity index (χ0n) is 15.4. The Hall–Kier alpha value is 0.137. The summed E-state index contributed by atoms with van der Waals surface area (Å²) < 4.78 is 12.8. The van der Waals surface area contributed by atoms with Gasteiger partial charge in [-0.2, -0.15) is 0 Å². The van der Waals surface area contributed by atoms with E-state index in [2.05, 4.69) is 27.7 Å². The monoisotopic (exact) mass is 316 g/mol. The van der Waals surface area contributed by atoms with Gasteiger partial charge in [0.1, 0.15) is 0 Å². The number of rotatable bonds is 15. The molecule has 0 radical (unpaired) electrons. The van der Waals surface area contributed by atoms with Crippen LogP contribution in [0.1, 0.15) is 91.9 Å². The minimum Gasteiger partial charge on any atom is -0.398 e. The van der Waals surface area contributed by atoms with E-state index in [-0.39, 0.29) is 0 Å². The van der Waals surface area contributed by atoms with E-state index in [1.54, 1.807) is 0 Å². The normalized spacial score (nSPS) is 12.3. The predicted octanol–water partition coefficient (Wildman–Crippen LogP) is 6.44. The van der Waals surface area contributed by atoms with Crippen LogP contribution in [0.5, 0.6) is 0 Å². The van der Waals surface area contributed by atoms with Gasteiger partial charge in [-0.15, -0.1) is 0 Å². The Morgan fingerprint density at radius 2 is 1.14 bits per heavy atom. The molecule has 21 heavy (non-hydrogen) atoms. The molecule has 0 saturated carbocycles. The highest BCUT2D eigenvalue weighted by Crippen LogP contribution is 2.28. The standard InChI is InChI=1S/C18H40O2Si/c1-6-10-14-18(15-11-7-2)20-21(19-5,16-12-8-3)17-13-9-4/h18H,6-17H2,1-5H3. The Labute approximate surface area is 135 Å². The van der Waals surface area contributed by atoms with Crippen molar-refractivity contribution in [2.75, 3.05) is 7.11 Å². The Kier molecular flexibility index (Phi) is 13.9. The van der Waals surface area contributed by atoms with Crippen molar-refractivity contribution in [2.24, 2.45) is 0 Å². The molecule has 128 valence electrons. The van der Waals surface area contributed by atoms with E-state index in [9.17, 15) is 0 Å². The van der Waals surface area contributed by atoms with Crippen LogP contribution in [0.25, 0.3) is 0 Å². The van der Waals surface area contributed by atoms with E-state index in [4.69, 9.17) is 8.85 Å². The molecule has 0 amide bonds. The van der Waals surface area contributed by atoms with Gasteiger partial charge in [-0.25, -0.2) is 0 Å². The minimum atomic E-state index is -1.97. The van der Waals surface area contributed by atoms with Gasteiger partial charge in [-0.1, -0.05) is 79.1 Å². The van der Waals surface area contributed by atoms with Gasteiger partial charge in [-0.05, 0) is 24.9 Å². The van der Waals surface area contributed by atoms with Crippen molar-refractivity contribution < 1.29 is 8.85 Å². The number of hydrogen-bond donors (Lipinski definition) is 0. The average molecular weight is 317 g/mol. The van der Waals surface area contributed by atoms with Gasteiger partial charge in [0.25, 0.3) is 0 Å². The minimum absolute atomic E-state index is 0.435. The van der Waals surface area contributed by atoms with Gasteiger partial charge in [0.05, 0.1) is 0 Å². The summed E-state index contributed by atoms with van der Waals surface area (Å²) in [7, 11) is -0.0774. The summed E-state index contributed by atoms with van der Waals surface area (Å²) >= 11 is 0. The van der Waals surface area contributed by atoms with Crippen molar-refractivity contribution in [1.29, 1.82) is 0 Å². The van der Waals surface area contributed by atoms with E-state index >= 15 is 0 Å². The van der Waals surface area contributed by atoms with Gasteiger partial charge in [0, 0.05) is 13.2 Å². The average Bonchev–Trinajstić information content (AvgIpc) is 2.52. The first-order valence-corrected chi connectivity index (χ1v) is 11.6. The molecule has 0 aromatic carbocycles. The molecule has 2 nitrogen and oxygen atoms in total. The van der Waals surface area contributed by atoms with Crippen LogP contribution in [0.4, 0.5) is 0 Å². The molecule has 0 unspecified atom stereocenters. The maximum Gasteiger partial charge on any atom is 0.338 e. The van der Waals surface area contributed by atoms with E-state index in [0.717, 1.165) is 0 Å². The van der Waals surface area contributed by atoms with Crippen LogP contribution in [-0.2, 0) is 8.85 Å². The summed E-state index contributed by atoms with van der Waals surface area (Å²) in [6, 6.07) is 2.35. The zero-order valence-corrected chi connectivity index (χ0v) is 16.4. The molecule has 0 aliphatic heterocycles. The summed E-state index contributed by atoms with van der Waals surface area (Å²) in [4.78, 5) is 0. The molecule has 0 aromatic rings. The first kappa shape index (κ1) is 21.1. The number of hydrogen-bond acceptors (Lipinski definition) is 2. The van der Waals surface area contributed by atoms with Gasteiger partial charge in [-0.3, -0.25) is 0 Å². The Morgan fingerprint density at radius 1 is 0.714 bits per heavy atom. The summed E-state index contributed by atoms with van der Waals surface area (Å²) in [5, 5.41) is 0. The first-order chi connectivity index (χ1) is 10.2. The summed E-state index contributed by atoms with van der Waals surface area (Å²) in [6.45, 7) is 9.07. The van der Waals surface area contributed by atoms with Crippen molar-refractivity contribution >= 4 is 8.56 Å². The van der Waals surface area contributed by atoms with Gasteiger partial charge in [0.15, 0.2) is 0 Å². The van der Waals surface area contributed by atoms with Gasteiger partial charge >= 0.3 is 8.56 Å². The number of unbranched alkanes of at least 4 members (excludes halogenated alkanes) is 4. The third kappa shape index (κ3) is 9.70. The lowest BCUT2D eigenvalue weighted by Crippen LogP contribution is -2.44. The quantitative estimate of drug-likeness (QED) is 0.324. The molecule has 0 heterocycles. The van der Waals surface area contributed by atoms with E-state index in [0.29, 0.717) is 6.10 Å². The van der Waals surface area contributed by atoms with Gasteiger partial charge < -0.3 is 8.85 Å². The Morgan fingerprint density at radius 3 is 1.48 bits per heavy atom. The molecule has 0 rings (SSSR count). The fourth-order valence-electron chi connectivity index (χ4n) is 2.82. The van der Waals surface area contributed by atoms with E-state index in [1.165, 1.54) is 76.3 Å². The molecule has 0 saturated heterocycles. The molecule has 0 atom stereocenters. The van der Waals surface area contributed by atoms with E-state index < -0.39 is 8.56 Å². The first-order valence-electron chi connectivity index (χ1n) is 9.40. The maximum absolute atomic E-state index is 6.71. The van der Waals surface area contributed by atoms with Crippen molar-refractivity contribution in [3.63, 3.8) is 0 Å². The molecule has 0 aliphatic rings. The lowest BCUT2D eigenvalue weighted by atomic mass is 10.1.